The molecule has 0 spiro atoms. The summed E-state index contributed by atoms with van der Waals surface area (Å²) in [5.41, 5.74) is 6.04. The Balaban J connectivity index is 2.75. The van der Waals surface area contributed by atoms with Crippen LogP contribution >= 0.6 is 11.6 Å². The smallest absolute Gasteiger partial charge is 0.407 e. The third-order valence-electron chi connectivity index (χ3n) is 3.89. The standard InChI is InChI=1S/C18H26ClN5O5/c1-24(2)16(26)14(19)11-6-8-12(9-7-11)22-15(25)13(23-18(28)29-3)5-4-10-21-17(20)27/h6-9,13-14H,4-5,10H2,1-3H3,(H,22,25)(H,23,28)(H3,20,21,27)/t13-,14?/m0/s1. The van der Waals surface area contributed by atoms with E-state index >= 15 is 0 Å². The van der Waals surface area contributed by atoms with Gasteiger partial charge in [0.05, 0.1) is 7.11 Å². The lowest BCUT2D eigenvalue weighted by molar-refractivity contribution is -0.128. The number of nitrogens with two attached hydrogens (primary N) is 1. The molecule has 5 amide bonds. The molecule has 0 aliphatic heterocycles. The van der Waals surface area contributed by atoms with Crippen LogP contribution in [0, 0.1) is 0 Å². The van der Waals surface area contributed by atoms with Gasteiger partial charge in [0.1, 0.15) is 11.4 Å². The predicted molar refractivity (Wildman–Crippen MR) is 109 cm³/mol. The SMILES string of the molecule is COC(=O)N[C@@H](CCCNC(N)=O)C(=O)Nc1ccc(C(Cl)C(=O)N(C)C)cc1. The summed E-state index contributed by atoms with van der Waals surface area (Å²) in [6.45, 7) is 0.258. The molecule has 0 heterocycles. The molecule has 160 valence electrons. The van der Waals surface area contributed by atoms with Crippen LogP contribution < -0.4 is 21.7 Å². The highest BCUT2D eigenvalue weighted by atomic mass is 35.5. The van der Waals surface area contributed by atoms with Gasteiger partial charge in [0, 0.05) is 26.3 Å². The second kappa shape index (κ2) is 11.7. The fraction of sp³-hybridized carbons (Fsp3) is 0.444. The van der Waals surface area contributed by atoms with E-state index in [0.29, 0.717) is 17.7 Å². The van der Waals surface area contributed by atoms with Crippen LogP contribution in [0.25, 0.3) is 0 Å². The number of alkyl halides is 1. The van der Waals surface area contributed by atoms with Crippen molar-refractivity contribution in [2.75, 3.05) is 33.1 Å². The van der Waals surface area contributed by atoms with Gasteiger partial charge in [-0.15, -0.1) is 11.6 Å². The number of ether oxygens (including phenoxy) is 1. The summed E-state index contributed by atoms with van der Waals surface area (Å²) in [7, 11) is 4.41. The molecular formula is C18H26ClN5O5. The number of alkyl carbamates (subject to hydrolysis) is 1. The van der Waals surface area contributed by atoms with Crippen molar-refractivity contribution < 1.29 is 23.9 Å². The number of nitrogens with one attached hydrogen (secondary N) is 3. The first-order valence-electron chi connectivity index (χ1n) is 8.79. The van der Waals surface area contributed by atoms with E-state index < -0.39 is 29.5 Å². The van der Waals surface area contributed by atoms with Crippen LogP contribution in [0.5, 0.6) is 0 Å². The number of benzene rings is 1. The number of hydrogen-bond donors (Lipinski definition) is 4. The van der Waals surface area contributed by atoms with Crippen LogP contribution in [-0.4, -0.2) is 62.6 Å². The predicted octanol–water partition coefficient (Wildman–Crippen LogP) is 1.17. The number of rotatable bonds is 9. The summed E-state index contributed by atoms with van der Waals surface area (Å²) in [5, 5.41) is 6.70. The monoisotopic (exact) mass is 427 g/mol. The number of carbonyl (C=O) groups is 4. The van der Waals surface area contributed by atoms with Gasteiger partial charge in [-0.2, -0.15) is 0 Å². The number of anilines is 1. The molecule has 0 saturated carbocycles. The Kier molecular flexibility index (Phi) is 9.73. The largest absolute Gasteiger partial charge is 0.453 e. The lowest BCUT2D eigenvalue weighted by Gasteiger charge is -2.18. The van der Waals surface area contributed by atoms with E-state index in [0.717, 1.165) is 0 Å². The molecule has 2 atom stereocenters. The van der Waals surface area contributed by atoms with E-state index in [4.69, 9.17) is 17.3 Å². The van der Waals surface area contributed by atoms with E-state index in [2.05, 4.69) is 20.7 Å². The molecule has 0 saturated heterocycles. The molecule has 1 rings (SSSR count). The van der Waals surface area contributed by atoms with E-state index in [1.807, 2.05) is 0 Å². The van der Waals surface area contributed by atoms with Crippen LogP contribution in [-0.2, 0) is 14.3 Å². The molecule has 1 aromatic carbocycles. The first kappa shape index (κ1) is 24.0. The fourth-order valence-electron chi connectivity index (χ4n) is 2.32. The summed E-state index contributed by atoms with van der Waals surface area (Å²) < 4.78 is 4.54. The van der Waals surface area contributed by atoms with Gasteiger partial charge >= 0.3 is 12.1 Å². The number of nitrogens with zero attached hydrogens (tertiary/aromatic N) is 1. The quantitative estimate of drug-likeness (QED) is 0.345. The lowest BCUT2D eigenvalue weighted by Crippen LogP contribution is -2.44. The van der Waals surface area contributed by atoms with E-state index in [1.54, 1.807) is 38.4 Å². The molecule has 1 unspecified atom stereocenters. The van der Waals surface area contributed by atoms with Gasteiger partial charge in [0.25, 0.3) is 0 Å². The first-order valence-corrected chi connectivity index (χ1v) is 9.23. The van der Waals surface area contributed by atoms with Crippen molar-refractivity contribution in [3.8, 4) is 0 Å². The van der Waals surface area contributed by atoms with Gasteiger partial charge in [-0.25, -0.2) is 9.59 Å². The Labute approximate surface area is 174 Å². The van der Waals surface area contributed by atoms with E-state index in [1.165, 1.54) is 12.0 Å². The number of urea groups is 1. The van der Waals surface area contributed by atoms with Crippen LogP contribution in [0.4, 0.5) is 15.3 Å². The maximum Gasteiger partial charge on any atom is 0.407 e. The zero-order chi connectivity index (χ0) is 22.0. The van der Waals surface area contributed by atoms with Crippen molar-refractivity contribution in [1.82, 2.24) is 15.5 Å². The van der Waals surface area contributed by atoms with Crippen LogP contribution in [0.2, 0.25) is 0 Å². The Morgan fingerprint density at radius 2 is 1.79 bits per heavy atom. The minimum atomic E-state index is -0.882. The number of primary amides is 1. The molecule has 1 aromatic rings. The minimum absolute atomic E-state index is 0.250. The third-order valence-corrected chi connectivity index (χ3v) is 4.33. The van der Waals surface area contributed by atoms with Crippen molar-refractivity contribution in [3.63, 3.8) is 0 Å². The highest BCUT2D eigenvalue weighted by molar-refractivity contribution is 6.30. The van der Waals surface area contributed by atoms with Gasteiger partial charge < -0.3 is 31.3 Å². The Hall–Kier alpha value is -3.01. The zero-order valence-electron chi connectivity index (χ0n) is 16.5. The molecule has 11 heteroatoms. The molecule has 10 nitrogen and oxygen atoms in total. The molecule has 29 heavy (non-hydrogen) atoms. The zero-order valence-corrected chi connectivity index (χ0v) is 17.3. The molecule has 0 fully saturated rings. The number of amides is 5. The molecule has 0 aromatic heterocycles. The molecule has 0 bridgehead atoms. The lowest BCUT2D eigenvalue weighted by atomic mass is 10.1. The number of hydrogen-bond acceptors (Lipinski definition) is 5. The highest BCUT2D eigenvalue weighted by Crippen LogP contribution is 2.24. The van der Waals surface area contributed by atoms with Crippen molar-refractivity contribution in [2.24, 2.45) is 5.73 Å². The Bertz CT molecular complexity index is 726. The molecule has 0 aliphatic rings. The molecule has 0 aliphatic carbocycles. The number of halogens is 1. The van der Waals surface area contributed by atoms with Crippen LogP contribution in [0.15, 0.2) is 24.3 Å². The summed E-state index contributed by atoms with van der Waals surface area (Å²) in [4.78, 5) is 48.1. The topological polar surface area (TPSA) is 143 Å². The van der Waals surface area contributed by atoms with Gasteiger partial charge in [0.2, 0.25) is 11.8 Å². The van der Waals surface area contributed by atoms with Gasteiger partial charge in [-0.3, -0.25) is 9.59 Å². The fourth-order valence-corrected chi connectivity index (χ4v) is 2.66. The summed E-state index contributed by atoms with van der Waals surface area (Å²) in [6, 6.07) is 4.93. The van der Waals surface area contributed by atoms with E-state index in [9.17, 15) is 19.2 Å². The first-order chi connectivity index (χ1) is 13.6. The summed E-state index contributed by atoms with van der Waals surface area (Å²) >= 11 is 6.15. The van der Waals surface area contributed by atoms with Crippen molar-refractivity contribution in [3.05, 3.63) is 29.8 Å². The second-order valence-corrected chi connectivity index (χ2v) is 6.76. The van der Waals surface area contributed by atoms with Crippen molar-refractivity contribution >= 4 is 41.2 Å². The number of carbonyl (C=O) groups excluding carboxylic acids is 4. The minimum Gasteiger partial charge on any atom is -0.453 e. The van der Waals surface area contributed by atoms with Crippen LogP contribution in [0.3, 0.4) is 0 Å². The van der Waals surface area contributed by atoms with E-state index in [-0.39, 0.29) is 18.9 Å². The Morgan fingerprint density at radius 1 is 1.17 bits per heavy atom. The maximum atomic E-state index is 12.5. The number of methoxy groups -OCH3 is 1. The second-order valence-electron chi connectivity index (χ2n) is 6.33. The average molecular weight is 428 g/mol. The maximum absolute atomic E-state index is 12.5. The molecule has 5 N–H and O–H groups in total. The molecular weight excluding hydrogens is 402 g/mol. The molecule has 0 radical (unpaired) electrons. The Morgan fingerprint density at radius 3 is 2.31 bits per heavy atom. The summed E-state index contributed by atoms with van der Waals surface area (Å²) in [6.07, 6.45) is -0.0965. The highest BCUT2D eigenvalue weighted by Gasteiger charge is 2.22. The normalized spacial score (nSPS) is 12.3. The van der Waals surface area contributed by atoms with Crippen LogP contribution in [0.1, 0.15) is 23.8 Å². The summed E-state index contributed by atoms with van der Waals surface area (Å²) in [5.74, 6) is -0.718. The van der Waals surface area contributed by atoms with Gasteiger partial charge in [0.15, 0.2) is 0 Å². The van der Waals surface area contributed by atoms with Crippen molar-refractivity contribution in [2.45, 2.75) is 24.3 Å². The average Bonchev–Trinajstić information content (AvgIpc) is 2.69. The third kappa shape index (κ3) is 8.26. The van der Waals surface area contributed by atoms with Gasteiger partial charge in [-0.1, -0.05) is 12.1 Å². The van der Waals surface area contributed by atoms with Crippen molar-refractivity contribution in [1.29, 1.82) is 0 Å². The number of likely N-dealkylation sites (N-methyl/N-ethyl adjacent to an activating group) is 1. The van der Waals surface area contributed by atoms with Gasteiger partial charge in [-0.05, 0) is 30.5 Å².